The van der Waals surface area contributed by atoms with E-state index >= 15 is 0 Å². The van der Waals surface area contributed by atoms with Gasteiger partial charge in [-0.15, -0.1) is 6.58 Å². The Kier molecular flexibility index (Phi) is 3.35. The highest BCUT2D eigenvalue weighted by Gasteiger charge is 2.43. The van der Waals surface area contributed by atoms with E-state index in [1.807, 2.05) is 6.92 Å². The van der Waals surface area contributed by atoms with Gasteiger partial charge in [0.25, 0.3) is 0 Å². The summed E-state index contributed by atoms with van der Waals surface area (Å²) in [5.41, 5.74) is 5.37. The van der Waals surface area contributed by atoms with Crippen molar-refractivity contribution in [1.29, 1.82) is 0 Å². The molecule has 1 fully saturated rings. The van der Waals surface area contributed by atoms with Gasteiger partial charge in [-0.1, -0.05) is 19.9 Å². The van der Waals surface area contributed by atoms with Gasteiger partial charge in [-0.05, 0) is 19.3 Å². The van der Waals surface area contributed by atoms with Crippen molar-refractivity contribution in [2.45, 2.75) is 51.0 Å². The summed E-state index contributed by atoms with van der Waals surface area (Å²) in [6.07, 6.45) is 1.51. The maximum Gasteiger partial charge on any atom is 0.101 e. The molecule has 4 atom stereocenters. The molecule has 0 amide bonds. The Hall–Kier alpha value is -0.380. The lowest BCUT2D eigenvalue weighted by atomic mass is 9.79. The summed E-state index contributed by atoms with van der Waals surface area (Å²) in [5.74, 6) is 0.410. The summed E-state index contributed by atoms with van der Waals surface area (Å²) in [6.45, 7) is 9.74. The number of aliphatic hydroxyl groups excluding tert-OH is 1. The van der Waals surface area contributed by atoms with Gasteiger partial charge in [-0.3, -0.25) is 0 Å². The van der Waals surface area contributed by atoms with Crippen LogP contribution in [-0.2, 0) is 4.74 Å². The molecule has 0 aromatic heterocycles. The number of hydrogen-bond acceptors (Lipinski definition) is 3. The van der Waals surface area contributed by atoms with E-state index in [4.69, 9.17) is 10.5 Å². The van der Waals surface area contributed by atoms with Crippen LogP contribution in [0.4, 0.5) is 0 Å². The normalized spacial score (nSPS) is 44.0. The average Bonchev–Trinajstić information content (AvgIpc) is 2.13. The van der Waals surface area contributed by atoms with Crippen molar-refractivity contribution in [3.63, 3.8) is 0 Å². The van der Waals surface area contributed by atoms with E-state index in [0.29, 0.717) is 12.3 Å². The third kappa shape index (κ3) is 2.00. The van der Waals surface area contributed by atoms with E-state index in [2.05, 4.69) is 20.4 Å². The first-order chi connectivity index (χ1) is 6.40. The summed E-state index contributed by atoms with van der Waals surface area (Å²) in [7, 11) is 0. The summed E-state index contributed by atoms with van der Waals surface area (Å²) in [5, 5.41) is 9.88. The Morgan fingerprint density at radius 3 is 2.64 bits per heavy atom. The molecular weight excluding hydrogens is 178 g/mol. The molecule has 1 rings (SSSR count). The first-order valence-corrected chi connectivity index (χ1v) is 5.16. The molecule has 0 saturated carbocycles. The highest BCUT2D eigenvalue weighted by Crippen LogP contribution is 2.31. The first kappa shape index (κ1) is 11.7. The fourth-order valence-corrected chi connectivity index (χ4v) is 1.90. The number of ether oxygens (including phenoxy) is 1. The SMILES string of the molecule is C=C[C@]1(N)C[C@H](C(C)C)OC(C)[C@@H]1O. The second-order valence-corrected chi connectivity index (χ2v) is 4.59. The van der Waals surface area contributed by atoms with Gasteiger partial charge in [-0.25, -0.2) is 0 Å². The van der Waals surface area contributed by atoms with Gasteiger partial charge >= 0.3 is 0 Å². The molecule has 0 radical (unpaired) electrons. The molecule has 0 aromatic carbocycles. The highest BCUT2D eigenvalue weighted by molar-refractivity contribution is 5.10. The number of hydrogen-bond donors (Lipinski definition) is 2. The minimum Gasteiger partial charge on any atom is -0.388 e. The highest BCUT2D eigenvalue weighted by atomic mass is 16.5. The van der Waals surface area contributed by atoms with Gasteiger partial charge in [-0.2, -0.15) is 0 Å². The Morgan fingerprint density at radius 2 is 2.21 bits per heavy atom. The zero-order chi connectivity index (χ0) is 10.9. The molecule has 1 unspecified atom stereocenters. The van der Waals surface area contributed by atoms with E-state index in [0.717, 1.165) is 0 Å². The van der Waals surface area contributed by atoms with E-state index in [-0.39, 0.29) is 12.2 Å². The first-order valence-electron chi connectivity index (χ1n) is 5.16. The molecule has 1 aliphatic heterocycles. The smallest absolute Gasteiger partial charge is 0.101 e. The Labute approximate surface area is 85.9 Å². The van der Waals surface area contributed by atoms with Crippen LogP contribution in [0.15, 0.2) is 12.7 Å². The quantitative estimate of drug-likeness (QED) is 0.654. The third-order valence-corrected chi connectivity index (χ3v) is 3.06. The van der Waals surface area contributed by atoms with Crippen LogP contribution in [0, 0.1) is 5.92 Å². The van der Waals surface area contributed by atoms with Crippen molar-refractivity contribution in [2.24, 2.45) is 11.7 Å². The van der Waals surface area contributed by atoms with Crippen LogP contribution in [0.1, 0.15) is 27.2 Å². The van der Waals surface area contributed by atoms with Gasteiger partial charge in [0.15, 0.2) is 0 Å². The lowest BCUT2D eigenvalue weighted by molar-refractivity contribution is -0.147. The largest absolute Gasteiger partial charge is 0.388 e. The molecule has 3 heteroatoms. The van der Waals surface area contributed by atoms with Gasteiger partial charge < -0.3 is 15.6 Å². The second-order valence-electron chi connectivity index (χ2n) is 4.59. The van der Waals surface area contributed by atoms with Gasteiger partial charge in [0.2, 0.25) is 0 Å². The van der Waals surface area contributed by atoms with Crippen molar-refractivity contribution >= 4 is 0 Å². The topological polar surface area (TPSA) is 55.5 Å². The van der Waals surface area contributed by atoms with Crippen LogP contribution in [0.2, 0.25) is 0 Å². The molecular formula is C11H21NO2. The van der Waals surface area contributed by atoms with Crippen molar-refractivity contribution in [2.75, 3.05) is 0 Å². The molecule has 1 heterocycles. The molecule has 1 aliphatic rings. The van der Waals surface area contributed by atoms with Crippen LogP contribution in [0.25, 0.3) is 0 Å². The maximum atomic E-state index is 9.88. The predicted octanol–water partition coefficient (Wildman–Crippen LogP) is 1.06. The molecule has 82 valence electrons. The predicted molar refractivity (Wildman–Crippen MR) is 56.9 cm³/mol. The van der Waals surface area contributed by atoms with Crippen LogP contribution < -0.4 is 5.73 Å². The number of aliphatic hydroxyl groups is 1. The standard InChI is InChI=1S/C11H21NO2/c1-5-11(12)6-9(7(2)3)14-8(4)10(11)13/h5,7-10,13H,1,6,12H2,2-4H3/t8?,9-,10+,11+/m1/s1. The van der Waals surface area contributed by atoms with Crippen LogP contribution in [0.5, 0.6) is 0 Å². The third-order valence-electron chi connectivity index (χ3n) is 3.06. The minimum atomic E-state index is -0.702. The van der Waals surface area contributed by atoms with E-state index < -0.39 is 11.6 Å². The zero-order valence-electron chi connectivity index (χ0n) is 9.23. The van der Waals surface area contributed by atoms with Crippen molar-refractivity contribution < 1.29 is 9.84 Å². The van der Waals surface area contributed by atoms with E-state index in [1.165, 1.54) is 0 Å². The molecule has 3 N–H and O–H groups in total. The molecule has 1 saturated heterocycles. The molecule has 0 aliphatic carbocycles. The maximum absolute atomic E-state index is 9.88. The van der Waals surface area contributed by atoms with Crippen LogP contribution in [-0.4, -0.2) is 29.0 Å². The van der Waals surface area contributed by atoms with Gasteiger partial charge in [0.1, 0.15) is 6.10 Å². The summed E-state index contributed by atoms with van der Waals surface area (Å²) >= 11 is 0. The van der Waals surface area contributed by atoms with Crippen LogP contribution >= 0.6 is 0 Å². The average molecular weight is 199 g/mol. The van der Waals surface area contributed by atoms with Crippen molar-refractivity contribution in [3.8, 4) is 0 Å². The molecule has 3 nitrogen and oxygen atoms in total. The monoisotopic (exact) mass is 199 g/mol. The zero-order valence-corrected chi connectivity index (χ0v) is 9.23. The van der Waals surface area contributed by atoms with Gasteiger partial charge in [0, 0.05) is 0 Å². The Bertz CT molecular complexity index is 217. The lowest BCUT2D eigenvalue weighted by Crippen LogP contribution is -2.61. The van der Waals surface area contributed by atoms with Gasteiger partial charge in [0.05, 0.1) is 17.7 Å². The molecule has 0 bridgehead atoms. The molecule has 0 spiro atoms. The summed E-state index contributed by atoms with van der Waals surface area (Å²) < 4.78 is 5.68. The Balaban J connectivity index is 2.81. The minimum absolute atomic E-state index is 0.108. The summed E-state index contributed by atoms with van der Waals surface area (Å²) in [6, 6.07) is 0. The fourth-order valence-electron chi connectivity index (χ4n) is 1.90. The number of nitrogens with two attached hydrogens (primary N) is 1. The second kappa shape index (κ2) is 4.01. The van der Waals surface area contributed by atoms with E-state index in [9.17, 15) is 5.11 Å². The van der Waals surface area contributed by atoms with E-state index in [1.54, 1.807) is 6.08 Å². The number of rotatable bonds is 2. The Morgan fingerprint density at radius 1 is 1.64 bits per heavy atom. The lowest BCUT2D eigenvalue weighted by Gasteiger charge is -2.44. The van der Waals surface area contributed by atoms with Crippen molar-refractivity contribution in [1.82, 2.24) is 0 Å². The van der Waals surface area contributed by atoms with Crippen molar-refractivity contribution in [3.05, 3.63) is 12.7 Å². The molecule has 14 heavy (non-hydrogen) atoms. The summed E-state index contributed by atoms with van der Waals surface area (Å²) in [4.78, 5) is 0. The van der Waals surface area contributed by atoms with Crippen LogP contribution in [0.3, 0.4) is 0 Å². The fraction of sp³-hybridized carbons (Fsp3) is 0.818. The molecule has 0 aromatic rings.